The summed E-state index contributed by atoms with van der Waals surface area (Å²) in [5.74, 6) is -0.145. The second-order valence-corrected chi connectivity index (χ2v) is 6.55. The van der Waals surface area contributed by atoms with Gasteiger partial charge in [-0.3, -0.25) is 9.59 Å². The predicted octanol–water partition coefficient (Wildman–Crippen LogP) is 0.386. The van der Waals surface area contributed by atoms with E-state index in [2.05, 4.69) is 15.3 Å². The zero-order valence-electron chi connectivity index (χ0n) is 13.4. The minimum Gasteiger partial charge on any atom is -0.328 e. The predicted molar refractivity (Wildman–Crippen MR) is 83.9 cm³/mol. The molecule has 0 spiro atoms. The van der Waals surface area contributed by atoms with Gasteiger partial charge in [0, 0.05) is 31.4 Å². The maximum Gasteiger partial charge on any atom is 0.312 e. The number of amides is 2. The summed E-state index contributed by atoms with van der Waals surface area (Å²) in [7, 11) is 0. The second-order valence-electron chi connectivity index (χ2n) is 6.55. The van der Waals surface area contributed by atoms with Gasteiger partial charge in [-0.15, -0.1) is 5.10 Å². The summed E-state index contributed by atoms with van der Waals surface area (Å²) in [6, 6.07) is 3.70. The lowest BCUT2D eigenvalue weighted by molar-refractivity contribution is -0.158. The molecular weight excluding hydrogens is 308 g/mol. The second kappa shape index (κ2) is 5.40. The van der Waals surface area contributed by atoms with E-state index in [4.69, 9.17) is 0 Å². The molecule has 0 N–H and O–H groups in total. The van der Waals surface area contributed by atoms with E-state index in [1.807, 2.05) is 19.1 Å². The highest BCUT2D eigenvalue weighted by Crippen LogP contribution is 2.41. The molecule has 4 rings (SSSR count). The Morgan fingerprint density at radius 3 is 2.62 bits per heavy atom. The Morgan fingerprint density at radius 1 is 1.17 bits per heavy atom. The number of piperazine rings is 1. The van der Waals surface area contributed by atoms with Crippen molar-refractivity contribution in [1.29, 1.82) is 0 Å². The molecule has 3 heterocycles. The Kier molecular flexibility index (Phi) is 3.33. The van der Waals surface area contributed by atoms with Crippen molar-refractivity contribution in [1.82, 2.24) is 29.8 Å². The molecule has 2 aromatic rings. The number of nitrogens with zero attached hydrogens (tertiary/aromatic N) is 6. The Bertz CT molecular complexity index is 766. The molecule has 2 amide bonds. The number of hydrogen-bond donors (Lipinski definition) is 0. The number of carbonyl (C=O) groups excluding carboxylic acids is 2. The first-order chi connectivity index (χ1) is 11.6. The van der Waals surface area contributed by atoms with Crippen molar-refractivity contribution in [2.75, 3.05) is 13.1 Å². The number of rotatable bonds is 4. The highest BCUT2D eigenvalue weighted by atomic mass is 16.2. The largest absolute Gasteiger partial charge is 0.328 e. The molecule has 8 nitrogen and oxygen atoms in total. The van der Waals surface area contributed by atoms with Crippen LogP contribution in [0.1, 0.15) is 25.3 Å². The summed E-state index contributed by atoms with van der Waals surface area (Å²) >= 11 is 0. The topological polar surface area (TPSA) is 84.2 Å². The molecule has 2 aliphatic rings. The molecule has 124 valence electrons. The van der Waals surface area contributed by atoms with Crippen molar-refractivity contribution in [3.63, 3.8) is 0 Å². The summed E-state index contributed by atoms with van der Waals surface area (Å²) in [5.41, 5.74) is 0.783. The maximum atomic E-state index is 12.4. The Labute approximate surface area is 139 Å². The zero-order valence-corrected chi connectivity index (χ0v) is 13.4. The van der Waals surface area contributed by atoms with E-state index in [9.17, 15) is 9.59 Å². The lowest BCUT2D eigenvalue weighted by atomic mass is 10.1. The smallest absolute Gasteiger partial charge is 0.312 e. The third-order valence-electron chi connectivity index (χ3n) is 4.77. The molecular formula is C16H18N6O2. The fraction of sp³-hybridized carbons (Fsp3) is 0.438. The first kappa shape index (κ1) is 14.8. The molecule has 0 unspecified atom stereocenters. The van der Waals surface area contributed by atoms with Gasteiger partial charge < -0.3 is 9.80 Å². The minimum atomic E-state index is -0.422. The van der Waals surface area contributed by atoms with Crippen LogP contribution in [0.3, 0.4) is 0 Å². The van der Waals surface area contributed by atoms with Gasteiger partial charge in [-0.25, -0.2) is 9.67 Å². The highest BCUT2D eigenvalue weighted by Gasteiger charge is 2.49. The van der Waals surface area contributed by atoms with Gasteiger partial charge in [0.05, 0.1) is 12.4 Å². The number of carbonyl (C=O) groups is 2. The van der Waals surface area contributed by atoms with Crippen LogP contribution < -0.4 is 0 Å². The quantitative estimate of drug-likeness (QED) is 0.759. The normalized spacial score (nSPS) is 19.7. The molecule has 1 aliphatic carbocycles. The van der Waals surface area contributed by atoms with Crippen molar-refractivity contribution in [3.05, 3.63) is 36.3 Å². The van der Waals surface area contributed by atoms with E-state index in [0.29, 0.717) is 25.5 Å². The van der Waals surface area contributed by atoms with Crippen molar-refractivity contribution in [3.8, 4) is 5.82 Å². The SMILES string of the molecule is CC1(N2CCN(Cc3ccc(-n4ccnn4)nc3)C(=O)C2=O)CC1. The van der Waals surface area contributed by atoms with Crippen LogP contribution in [0, 0.1) is 0 Å². The van der Waals surface area contributed by atoms with Crippen LogP contribution in [0.15, 0.2) is 30.7 Å². The van der Waals surface area contributed by atoms with E-state index in [1.54, 1.807) is 33.1 Å². The Morgan fingerprint density at radius 2 is 2.00 bits per heavy atom. The fourth-order valence-corrected chi connectivity index (χ4v) is 2.99. The average molecular weight is 326 g/mol. The van der Waals surface area contributed by atoms with Crippen LogP contribution >= 0.6 is 0 Å². The molecule has 8 heteroatoms. The van der Waals surface area contributed by atoms with Crippen molar-refractivity contribution in [2.24, 2.45) is 0 Å². The summed E-state index contributed by atoms with van der Waals surface area (Å²) in [4.78, 5) is 32.3. The van der Waals surface area contributed by atoms with E-state index >= 15 is 0 Å². The fourth-order valence-electron chi connectivity index (χ4n) is 2.99. The van der Waals surface area contributed by atoms with Gasteiger partial charge in [-0.1, -0.05) is 11.3 Å². The molecule has 0 radical (unpaired) electrons. The van der Waals surface area contributed by atoms with Gasteiger partial charge >= 0.3 is 11.8 Å². The average Bonchev–Trinajstić information content (AvgIpc) is 3.11. The molecule has 2 fully saturated rings. The molecule has 0 aromatic carbocycles. The molecule has 1 saturated carbocycles. The van der Waals surface area contributed by atoms with E-state index in [0.717, 1.165) is 18.4 Å². The van der Waals surface area contributed by atoms with Gasteiger partial charge in [0.2, 0.25) is 0 Å². The van der Waals surface area contributed by atoms with E-state index < -0.39 is 5.91 Å². The summed E-state index contributed by atoms with van der Waals surface area (Å²) < 4.78 is 1.56. The Balaban J connectivity index is 1.44. The van der Waals surface area contributed by atoms with Crippen LogP contribution in [0.5, 0.6) is 0 Å². The standard InChI is InChI=1S/C16H18N6O2/c1-16(4-5-16)21-9-8-20(14(23)15(21)24)11-12-2-3-13(17-10-12)22-7-6-18-19-22/h2-3,6-7,10H,4-5,8-9,11H2,1H3. The van der Waals surface area contributed by atoms with Crippen LogP contribution in [-0.2, 0) is 16.1 Å². The van der Waals surface area contributed by atoms with Gasteiger partial charge in [-0.2, -0.15) is 0 Å². The molecule has 1 saturated heterocycles. The number of aromatic nitrogens is 4. The maximum absolute atomic E-state index is 12.4. The lowest BCUT2D eigenvalue weighted by Gasteiger charge is -2.37. The van der Waals surface area contributed by atoms with Crippen LogP contribution in [0.25, 0.3) is 5.82 Å². The van der Waals surface area contributed by atoms with Crippen LogP contribution in [0.2, 0.25) is 0 Å². The Hall–Kier alpha value is -2.77. The number of hydrogen-bond acceptors (Lipinski definition) is 5. The zero-order chi connectivity index (χ0) is 16.7. The molecule has 0 atom stereocenters. The summed E-state index contributed by atoms with van der Waals surface area (Å²) in [6.07, 6.45) is 6.96. The van der Waals surface area contributed by atoms with Crippen molar-refractivity contribution < 1.29 is 9.59 Å². The van der Waals surface area contributed by atoms with E-state index in [-0.39, 0.29) is 11.4 Å². The minimum absolute atomic E-state index is 0.0974. The monoisotopic (exact) mass is 326 g/mol. The van der Waals surface area contributed by atoms with Gasteiger partial charge in [0.1, 0.15) is 0 Å². The number of pyridine rings is 1. The molecule has 0 bridgehead atoms. The van der Waals surface area contributed by atoms with Crippen molar-refractivity contribution >= 4 is 11.8 Å². The lowest BCUT2D eigenvalue weighted by Crippen LogP contribution is -2.57. The van der Waals surface area contributed by atoms with Gasteiger partial charge in [0.15, 0.2) is 5.82 Å². The van der Waals surface area contributed by atoms with Crippen LogP contribution in [-0.4, -0.2) is 60.2 Å². The van der Waals surface area contributed by atoms with Crippen molar-refractivity contribution in [2.45, 2.75) is 31.8 Å². The first-order valence-electron chi connectivity index (χ1n) is 7.99. The van der Waals surface area contributed by atoms with Gasteiger partial charge in [-0.05, 0) is 31.4 Å². The summed E-state index contributed by atoms with van der Waals surface area (Å²) in [6.45, 7) is 3.59. The highest BCUT2D eigenvalue weighted by molar-refractivity contribution is 6.35. The molecule has 2 aromatic heterocycles. The third kappa shape index (κ3) is 2.53. The molecule has 24 heavy (non-hydrogen) atoms. The molecule has 1 aliphatic heterocycles. The third-order valence-corrected chi connectivity index (χ3v) is 4.77. The van der Waals surface area contributed by atoms with E-state index in [1.165, 1.54) is 0 Å². The van der Waals surface area contributed by atoms with Gasteiger partial charge in [0.25, 0.3) is 0 Å². The van der Waals surface area contributed by atoms with Crippen LogP contribution in [0.4, 0.5) is 0 Å². The summed E-state index contributed by atoms with van der Waals surface area (Å²) in [5, 5.41) is 7.62. The first-order valence-corrected chi connectivity index (χ1v) is 7.99.